The van der Waals surface area contributed by atoms with Gasteiger partial charge in [0.2, 0.25) is 0 Å². The van der Waals surface area contributed by atoms with Crippen LogP contribution in [-0.4, -0.2) is 37.2 Å². The second-order valence-corrected chi connectivity index (χ2v) is 20.3. The van der Waals surface area contributed by atoms with Crippen LogP contribution in [0.15, 0.2) is 12.2 Å². The van der Waals surface area contributed by atoms with Gasteiger partial charge in [-0.25, -0.2) is 0 Å². The first-order valence-electron chi connectivity index (χ1n) is 29.7. The van der Waals surface area contributed by atoms with E-state index in [9.17, 15) is 14.4 Å². The Morgan fingerprint density at radius 3 is 0.758 bits per heavy atom. The molecule has 0 aliphatic rings. The van der Waals surface area contributed by atoms with E-state index in [0.717, 1.165) is 57.8 Å². The zero-order valence-electron chi connectivity index (χ0n) is 44.7. The van der Waals surface area contributed by atoms with Gasteiger partial charge in [0.25, 0.3) is 0 Å². The van der Waals surface area contributed by atoms with Crippen molar-refractivity contribution in [3.8, 4) is 0 Å². The molecule has 0 bridgehead atoms. The van der Waals surface area contributed by atoms with Crippen molar-refractivity contribution in [1.82, 2.24) is 0 Å². The molecule has 390 valence electrons. The van der Waals surface area contributed by atoms with Crippen molar-refractivity contribution in [3.05, 3.63) is 12.2 Å². The average molecular weight is 932 g/mol. The van der Waals surface area contributed by atoms with Crippen molar-refractivity contribution < 1.29 is 28.6 Å². The van der Waals surface area contributed by atoms with Crippen LogP contribution in [0.2, 0.25) is 0 Å². The maximum Gasteiger partial charge on any atom is 0.306 e. The fraction of sp³-hybridized carbons (Fsp3) is 0.917. The molecule has 6 nitrogen and oxygen atoms in total. The Kier molecular flexibility index (Phi) is 54.2. The van der Waals surface area contributed by atoms with Crippen LogP contribution in [0.3, 0.4) is 0 Å². The summed E-state index contributed by atoms with van der Waals surface area (Å²) in [6.45, 7) is 6.69. The molecule has 0 heterocycles. The smallest absolute Gasteiger partial charge is 0.306 e. The highest BCUT2D eigenvalue weighted by Gasteiger charge is 2.19. The van der Waals surface area contributed by atoms with Gasteiger partial charge in [0.05, 0.1) is 0 Å². The van der Waals surface area contributed by atoms with Crippen LogP contribution in [0.5, 0.6) is 0 Å². The lowest BCUT2D eigenvalue weighted by Gasteiger charge is -2.18. The highest BCUT2D eigenvalue weighted by atomic mass is 16.6. The Morgan fingerprint density at radius 1 is 0.288 bits per heavy atom. The Labute approximate surface area is 411 Å². The summed E-state index contributed by atoms with van der Waals surface area (Å²) in [6.07, 6.45) is 63.4. The third-order valence-corrected chi connectivity index (χ3v) is 13.5. The molecule has 0 saturated heterocycles. The van der Waals surface area contributed by atoms with E-state index >= 15 is 0 Å². The third kappa shape index (κ3) is 53.1. The van der Waals surface area contributed by atoms with Crippen molar-refractivity contribution in [1.29, 1.82) is 0 Å². The summed E-state index contributed by atoms with van der Waals surface area (Å²) in [6, 6.07) is 0. The molecule has 0 aromatic heterocycles. The van der Waals surface area contributed by atoms with Gasteiger partial charge < -0.3 is 14.2 Å². The van der Waals surface area contributed by atoms with E-state index < -0.39 is 6.10 Å². The molecule has 6 heteroatoms. The van der Waals surface area contributed by atoms with E-state index in [2.05, 4.69) is 32.9 Å². The molecule has 0 spiro atoms. The number of ether oxygens (including phenoxy) is 3. The average Bonchev–Trinajstić information content (AvgIpc) is 3.31. The van der Waals surface area contributed by atoms with E-state index in [1.54, 1.807) is 0 Å². The zero-order valence-corrected chi connectivity index (χ0v) is 44.7. The maximum atomic E-state index is 12.9. The molecule has 0 radical (unpaired) electrons. The van der Waals surface area contributed by atoms with Crippen molar-refractivity contribution in [2.45, 2.75) is 341 Å². The molecule has 0 unspecified atom stereocenters. The molecule has 1 atom stereocenters. The van der Waals surface area contributed by atoms with Gasteiger partial charge >= 0.3 is 17.9 Å². The summed E-state index contributed by atoms with van der Waals surface area (Å²) >= 11 is 0. The molecule has 0 N–H and O–H groups in total. The van der Waals surface area contributed by atoms with Crippen LogP contribution in [-0.2, 0) is 28.6 Å². The van der Waals surface area contributed by atoms with Crippen molar-refractivity contribution in [3.63, 3.8) is 0 Å². The lowest BCUT2D eigenvalue weighted by atomic mass is 10.0. The second kappa shape index (κ2) is 55.7. The summed E-state index contributed by atoms with van der Waals surface area (Å²) in [5.41, 5.74) is 0. The summed E-state index contributed by atoms with van der Waals surface area (Å²) < 4.78 is 16.9. The number of unbranched alkanes of at least 4 members (excludes halogenated alkanes) is 42. The van der Waals surface area contributed by atoms with Gasteiger partial charge in [-0.2, -0.15) is 0 Å². The summed E-state index contributed by atoms with van der Waals surface area (Å²) in [7, 11) is 0. The topological polar surface area (TPSA) is 78.9 Å². The van der Waals surface area contributed by atoms with E-state index in [0.29, 0.717) is 19.3 Å². The molecule has 66 heavy (non-hydrogen) atoms. The predicted molar refractivity (Wildman–Crippen MR) is 284 cm³/mol. The maximum absolute atomic E-state index is 12.9. The van der Waals surface area contributed by atoms with Crippen LogP contribution in [0, 0.1) is 0 Å². The molecule has 0 aromatic rings. The number of allylic oxidation sites excluding steroid dienone is 2. The highest BCUT2D eigenvalue weighted by Crippen LogP contribution is 2.17. The van der Waals surface area contributed by atoms with Crippen molar-refractivity contribution in [2.75, 3.05) is 13.2 Å². The number of esters is 3. The SMILES string of the molecule is CCCCCCCC/C=C\CCCCCCCCCCCC(=O)O[C@@H](COC(=O)CCCCCCCCCCCCCC)COC(=O)CCCCCCCCCCCCCCCCCCC. The van der Waals surface area contributed by atoms with Gasteiger partial charge in [-0.3, -0.25) is 14.4 Å². The van der Waals surface area contributed by atoms with Gasteiger partial charge in [-0.05, 0) is 44.9 Å². The molecule has 0 fully saturated rings. The Morgan fingerprint density at radius 2 is 0.500 bits per heavy atom. The first-order chi connectivity index (χ1) is 32.5. The van der Waals surface area contributed by atoms with Gasteiger partial charge in [0, 0.05) is 19.3 Å². The van der Waals surface area contributed by atoms with Gasteiger partial charge in [-0.15, -0.1) is 0 Å². The summed E-state index contributed by atoms with van der Waals surface area (Å²) in [4.78, 5) is 38.1. The quantitative estimate of drug-likeness (QED) is 0.0262. The first-order valence-corrected chi connectivity index (χ1v) is 29.7. The minimum absolute atomic E-state index is 0.0646. The number of rotatable bonds is 55. The fourth-order valence-corrected chi connectivity index (χ4v) is 9.03. The van der Waals surface area contributed by atoms with E-state index in [1.165, 1.54) is 238 Å². The van der Waals surface area contributed by atoms with E-state index in [-0.39, 0.29) is 31.1 Å². The van der Waals surface area contributed by atoms with Crippen molar-refractivity contribution in [2.24, 2.45) is 0 Å². The van der Waals surface area contributed by atoms with Crippen LogP contribution >= 0.6 is 0 Å². The first kappa shape index (κ1) is 64.2. The molecule has 0 saturated carbocycles. The second-order valence-electron chi connectivity index (χ2n) is 20.3. The third-order valence-electron chi connectivity index (χ3n) is 13.5. The minimum atomic E-state index is -0.765. The number of hydrogen-bond acceptors (Lipinski definition) is 6. The van der Waals surface area contributed by atoms with Gasteiger partial charge in [-0.1, -0.05) is 283 Å². The van der Waals surface area contributed by atoms with Gasteiger partial charge in [0.1, 0.15) is 13.2 Å². The summed E-state index contributed by atoms with van der Waals surface area (Å²) in [5.74, 6) is -0.841. The number of carbonyl (C=O) groups is 3. The van der Waals surface area contributed by atoms with E-state index in [1.807, 2.05) is 0 Å². The normalized spacial score (nSPS) is 12.0. The zero-order chi connectivity index (χ0) is 47.9. The number of hydrogen-bond donors (Lipinski definition) is 0. The predicted octanol–water partition coefficient (Wildman–Crippen LogP) is 19.7. The standard InChI is InChI=1S/C60H114O6/c1-4-7-10-13-16-19-22-25-27-29-30-32-34-36-39-42-45-48-51-54-60(63)66-57(55-64-58(61)52-49-46-43-40-37-24-21-18-15-12-9-6-3)56-65-59(62)53-50-47-44-41-38-35-33-31-28-26-23-20-17-14-11-8-5-2/h25,27,57H,4-24,26,28-56H2,1-3H3/b27-25-/t57-/m0/s1. The van der Waals surface area contributed by atoms with Crippen LogP contribution in [0.4, 0.5) is 0 Å². The Bertz CT molecular complexity index is 1020. The fourth-order valence-electron chi connectivity index (χ4n) is 9.03. The Hall–Kier alpha value is -1.85. The van der Waals surface area contributed by atoms with Crippen molar-refractivity contribution >= 4 is 17.9 Å². The summed E-state index contributed by atoms with van der Waals surface area (Å²) in [5, 5.41) is 0. The molecule has 0 aliphatic carbocycles. The molecule has 0 rings (SSSR count). The lowest BCUT2D eigenvalue weighted by Crippen LogP contribution is -2.30. The molecule has 0 aliphatic heterocycles. The lowest BCUT2D eigenvalue weighted by molar-refractivity contribution is -0.167. The minimum Gasteiger partial charge on any atom is -0.462 e. The van der Waals surface area contributed by atoms with E-state index in [4.69, 9.17) is 14.2 Å². The monoisotopic (exact) mass is 931 g/mol. The largest absolute Gasteiger partial charge is 0.462 e. The molecular weight excluding hydrogens is 817 g/mol. The Balaban J connectivity index is 4.28. The highest BCUT2D eigenvalue weighted by molar-refractivity contribution is 5.71. The van der Waals surface area contributed by atoms with Crippen LogP contribution in [0.1, 0.15) is 335 Å². The molecule has 0 amide bonds. The van der Waals surface area contributed by atoms with Gasteiger partial charge in [0.15, 0.2) is 6.10 Å². The molecule has 0 aromatic carbocycles. The molecular formula is C60H114O6. The van der Waals surface area contributed by atoms with Crippen LogP contribution < -0.4 is 0 Å². The van der Waals surface area contributed by atoms with Crippen LogP contribution in [0.25, 0.3) is 0 Å². The number of carbonyl (C=O) groups excluding carboxylic acids is 3.